The van der Waals surface area contributed by atoms with Gasteiger partial charge in [-0.15, -0.1) is 0 Å². The quantitative estimate of drug-likeness (QED) is 0.928. The second-order valence-corrected chi connectivity index (χ2v) is 6.39. The molecule has 1 N–H and O–H groups in total. The van der Waals surface area contributed by atoms with E-state index in [1.54, 1.807) is 24.4 Å². The van der Waals surface area contributed by atoms with E-state index >= 15 is 0 Å². The van der Waals surface area contributed by atoms with E-state index in [2.05, 4.69) is 22.2 Å². The summed E-state index contributed by atoms with van der Waals surface area (Å²) in [6.45, 7) is 4.02. The third-order valence-corrected chi connectivity index (χ3v) is 4.43. The van der Waals surface area contributed by atoms with Gasteiger partial charge < -0.3 is 10.2 Å². The van der Waals surface area contributed by atoms with E-state index in [4.69, 9.17) is 0 Å². The van der Waals surface area contributed by atoms with E-state index in [1.165, 1.54) is 0 Å². The third kappa shape index (κ3) is 4.41. The molecule has 3 rings (SSSR count). The number of nitrogens with zero attached hydrogens (tertiary/aromatic N) is 3. The Morgan fingerprint density at radius 3 is 2.60 bits per heavy atom. The molecule has 1 fully saturated rings. The van der Waals surface area contributed by atoms with Crippen molar-refractivity contribution in [3.05, 3.63) is 59.7 Å². The smallest absolute Gasteiger partial charge is 0.272 e. The van der Waals surface area contributed by atoms with Crippen LogP contribution in [0.3, 0.4) is 0 Å². The van der Waals surface area contributed by atoms with Crippen molar-refractivity contribution in [2.24, 2.45) is 5.92 Å². The van der Waals surface area contributed by atoms with Gasteiger partial charge in [-0.1, -0.05) is 19.1 Å². The van der Waals surface area contributed by atoms with Crippen molar-refractivity contribution in [3.63, 3.8) is 0 Å². The highest BCUT2D eigenvalue weighted by Crippen LogP contribution is 2.17. The molecule has 2 amide bonds. The SMILES string of the molecule is CC1CCN(C(=O)c2cccc(C(=O)NCc3ccccn3)n2)CC1. The molecule has 1 aliphatic heterocycles. The number of likely N-dealkylation sites (tertiary alicyclic amines) is 1. The number of hydrogen-bond donors (Lipinski definition) is 1. The topological polar surface area (TPSA) is 75.2 Å². The Balaban J connectivity index is 1.64. The van der Waals surface area contributed by atoms with E-state index in [0.717, 1.165) is 31.6 Å². The first-order valence-electron chi connectivity index (χ1n) is 8.58. The predicted molar refractivity (Wildman–Crippen MR) is 93.9 cm³/mol. The van der Waals surface area contributed by atoms with Crippen LogP contribution < -0.4 is 5.32 Å². The Morgan fingerprint density at radius 2 is 1.88 bits per heavy atom. The number of hydrogen-bond acceptors (Lipinski definition) is 4. The van der Waals surface area contributed by atoms with Gasteiger partial charge in [0.05, 0.1) is 12.2 Å². The van der Waals surface area contributed by atoms with Gasteiger partial charge >= 0.3 is 0 Å². The summed E-state index contributed by atoms with van der Waals surface area (Å²) in [4.78, 5) is 35.1. The molecular weight excluding hydrogens is 316 g/mol. The first-order chi connectivity index (χ1) is 12.1. The zero-order chi connectivity index (χ0) is 17.6. The third-order valence-electron chi connectivity index (χ3n) is 4.43. The highest BCUT2D eigenvalue weighted by molar-refractivity contribution is 5.96. The number of amides is 2. The summed E-state index contributed by atoms with van der Waals surface area (Å²) >= 11 is 0. The van der Waals surface area contributed by atoms with Crippen LogP contribution in [0.1, 0.15) is 46.4 Å². The Labute approximate surface area is 147 Å². The zero-order valence-electron chi connectivity index (χ0n) is 14.3. The Hall–Kier alpha value is -2.76. The van der Waals surface area contributed by atoms with Crippen molar-refractivity contribution in [2.45, 2.75) is 26.3 Å². The van der Waals surface area contributed by atoms with Gasteiger partial charge in [0, 0.05) is 19.3 Å². The maximum absolute atomic E-state index is 12.6. The highest BCUT2D eigenvalue weighted by atomic mass is 16.2. The number of carbonyl (C=O) groups is 2. The fraction of sp³-hybridized carbons (Fsp3) is 0.368. The van der Waals surface area contributed by atoms with Crippen LogP contribution in [0.4, 0.5) is 0 Å². The molecular formula is C19H22N4O2. The molecule has 1 aliphatic rings. The molecule has 2 aromatic rings. The van der Waals surface area contributed by atoms with Gasteiger partial charge in [-0.25, -0.2) is 4.98 Å². The van der Waals surface area contributed by atoms with Gasteiger partial charge in [-0.05, 0) is 43.0 Å². The Morgan fingerprint density at radius 1 is 1.12 bits per heavy atom. The summed E-state index contributed by atoms with van der Waals surface area (Å²) in [5, 5.41) is 2.78. The van der Waals surface area contributed by atoms with Crippen LogP contribution in [-0.4, -0.2) is 39.8 Å². The number of nitrogens with one attached hydrogen (secondary N) is 1. The summed E-state index contributed by atoms with van der Waals surface area (Å²) in [5.74, 6) is 0.236. The minimum atomic E-state index is -0.312. The van der Waals surface area contributed by atoms with Gasteiger partial charge in [-0.2, -0.15) is 0 Å². The standard InChI is InChI=1S/C19H22N4O2/c1-14-8-11-23(12-9-14)19(25)17-7-4-6-16(22-17)18(24)21-13-15-5-2-3-10-20-15/h2-7,10,14H,8-9,11-13H2,1H3,(H,21,24). The summed E-state index contributed by atoms with van der Waals surface area (Å²) in [7, 11) is 0. The molecule has 0 saturated carbocycles. The Kier molecular flexibility index (Phi) is 5.38. The summed E-state index contributed by atoms with van der Waals surface area (Å²) in [6.07, 6.45) is 3.70. The highest BCUT2D eigenvalue weighted by Gasteiger charge is 2.23. The Bertz CT molecular complexity index is 740. The molecule has 0 radical (unpaired) electrons. The lowest BCUT2D eigenvalue weighted by Crippen LogP contribution is -2.38. The van der Waals surface area contributed by atoms with Gasteiger partial charge in [0.15, 0.2) is 0 Å². The van der Waals surface area contributed by atoms with Crippen molar-refractivity contribution in [1.29, 1.82) is 0 Å². The molecule has 0 atom stereocenters. The molecule has 6 heteroatoms. The van der Waals surface area contributed by atoms with Crippen molar-refractivity contribution in [1.82, 2.24) is 20.2 Å². The number of pyridine rings is 2. The molecule has 1 saturated heterocycles. The molecule has 0 unspecified atom stereocenters. The van der Waals surface area contributed by atoms with Gasteiger partial charge in [-0.3, -0.25) is 14.6 Å². The number of piperidine rings is 1. The van der Waals surface area contributed by atoms with Crippen molar-refractivity contribution >= 4 is 11.8 Å². The van der Waals surface area contributed by atoms with Gasteiger partial charge in [0.2, 0.25) is 0 Å². The predicted octanol–water partition coefficient (Wildman–Crippen LogP) is 2.28. The lowest BCUT2D eigenvalue weighted by molar-refractivity contribution is 0.0691. The summed E-state index contributed by atoms with van der Waals surface area (Å²) in [6, 6.07) is 10.5. The van der Waals surface area contributed by atoms with Crippen molar-refractivity contribution in [2.75, 3.05) is 13.1 Å². The van der Waals surface area contributed by atoms with Crippen LogP contribution in [0.25, 0.3) is 0 Å². The van der Waals surface area contributed by atoms with Crippen LogP contribution in [0.15, 0.2) is 42.6 Å². The monoisotopic (exact) mass is 338 g/mol. The van der Waals surface area contributed by atoms with E-state index in [-0.39, 0.29) is 17.5 Å². The van der Waals surface area contributed by atoms with E-state index in [0.29, 0.717) is 18.2 Å². The normalized spacial score (nSPS) is 15.0. The average Bonchev–Trinajstić information content (AvgIpc) is 2.67. The first-order valence-corrected chi connectivity index (χ1v) is 8.58. The second kappa shape index (κ2) is 7.88. The number of carbonyl (C=O) groups excluding carboxylic acids is 2. The van der Waals surface area contributed by atoms with Crippen LogP contribution in [-0.2, 0) is 6.54 Å². The first kappa shape index (κ1) is 17.1. The van der Waals surface area contributed by atoms with E-state index in [1.807, 2.05) is 23.1 Å². The largest absolute Gasteiger partial charge is 0.345 e. The summed E-state index contributed by atoms with van der Waals surface area (Å²) < 4.78 is 0. The maximum Gasteiger partial charge on any atom is 0.272 e. The maximum atomic E-state index is 12.6. The molecule has 0 spiro atoms. The fourth-order valence-corrected chi connectivity index (χ4v) is 2.82. The van der Waals surface area contributed by atoms with Crippen LogP contribution in [0.2, 0.25) is 0 Å². The molecule has 130 valence electrons. The molecule has 2 aromatic heterocycles. The second-order valence-electron chi connectivity index (χ2n) is 6.39. The zero-order valence-corrected chi connectivity index (χ0v) is 14.3. The van der Waals surface area contributed by atoms with Gasteiger partial charge in [0.1, 0.15) is 11.4 Å². The van der Waals surface area contributed by atoms with Crippen LogP contribution in [0.5, 0.6) is 0 Å². The number of aromatic nitrogens is 2. The minimum absolute atomic E-state index is 0.105. The average molecular weight is 338 g/mol. The lowest BCUT2D eigenvalue weighted by Gasteiger charge is -2.30. The van der Waals surface area contributed by atoms with E-state index in [9.17, 15) is 9.59 Å². The van der Waals surface area contributed by atoms with Gasteiger partial charge in [0.25, 0.3) is 11.8 Å². The fourth-order valence-electron chi connectivity index (χ4n) is 2.82. The number of rotatable bonds is 4. The molecule has 3 heterocycles. The van der Waals surface area contributed by atoms with Crippen molar-refractivity contribution < 1.29 is 9.59 Å². The minimum Gasteiger partial charge on any atom is -0.345 e. The molecule has 0 bridgehead atoms. The van der Waals surface area contributed by atoms with Crippen LogP contribution in [0, 0.1) is 5.92 Å². The van der Waals surface area contributed by atoms with Crippen LogP contribution >= 0.6 is 0 Å². The molecule has 6 nitrogen and oxygen atoms in total. The molecule has 25 heavy (non-hydrogen) atoms. The van der Waals surface area contributed by atoms with Crippen molar-refractivity contribution in [3.8, 4) is 0 Å². The summed E-state index contributed by atoms with van der Waals surface area (Å²) in [5.41, 5.74) is 1.33. The lowest BCUT2D eigenvalue weighted by atomic mass is 9.99. The van der Waals surface area contributed by atoms with E-state index < -0.39 is 0 Å². The molecule has 0 aromatic carbocycles. The molecule has 0 aliphatic carbocycles.